The predicted molar refractivity (Wildman–Crippen MR) is 85.3 cm³/mol. The fraction of sp³-hybridized carbons (Fsp3) is 0.429. The molecule has 1 fully saturated rings. The van der Waals surface area contributed by atoms with Crippen LogP contribution in [0.4, 0.5) is 5.69 Å². The van der Waals surface area contributed by atoms with Gasteiger partial charge in [0.05, 0.1) is 10.2 Å². The highest BCUT2D eigenvalue weighted by molar-refractivity contribution is 8.00. The van der Waals surface area contributed by atoms with Gasteiger partial charge in [-0.2, -0.15) is 0 Å². The second kappa shape index (κ2) is 5.71. The Balaban J connectivity index is 1.75. The lowest BCUT2D eigenvalue weighted by Crippen LogP contribution is -2.23. The molecule has 1 heterocycles. The van der Waals surface area contributed by atoms with Gasteiger partial charge in [-0.3, -0.25) is 4.79 Å². The summed E-state index contributed by atoms with van der Waals surface area (Å²) in [5.74, 6) is 0.149. The number of thiazole rings is 1. The lowest BCUT2D eigenvalue weighted by atomic mass is 10.1. The number of nitrogens with two attached hydrogens (primary N) is 1. The molecule has 1 aliphatic carbocycles. The molecule has 3 rings (SSSR count). The molecule has 0 bridgehead atoms. The minimum atomic E-state index is 0.0592. The maximum absolute atomic E-state index is 12.2. The van der Waals surface area contributed by atoms with Crippen molar-refractivity contribution in [1.82, 2.24) is 4.98 Å². The van der Waals surface area contributed by atoms with Crippen molar-refractivity contribution in [3.63, 3.8) is 0 Å². The number of benzene rings is 1. The Morgan fingerprint density at radius 3 is 3.05 bits per heavy atom. The van der Waals surface area contributed by atoms with E-state index in [1.54, 1.807) is 23.1 Å². The van der Waals surface area contributed by atoms with Crippen LogP contribution in [0.2, 0.25) is 0 Å². The van der Waals surface area contributed by atoms with Gasteiger partial charge in [0.25, 0.3) is 0 Å². The fourth-order valence-electron chi connectivity index (χ4n) is 2.57. The quantitative estimate of drug-likeness (QED) is 0.855. The Kier molecular flexibility index (Phi) is 3.96. The highest BCUT2D eigenvalue weighted by atomic mass is 32.2. The van der Waals surface area contributed by atoms with Gasteiger partial charge in [0.1, 0.15) is 0 Å². The Morgan fingerprint density at radius 1 is 1.50 bits per heavy atom. The number of thioether (sulfide) groups is 1. The minimum absolute atomic E-state index is 0.0592. The lowest BCUT2D eigenvalue weighted by molar-refractivity contribution is -0.119. The standard InChI is InChI=1S/C14H17N3OS2/c1-19-14-17-11-5-4-10(7-12(11)20-14)16-13(18)8-2-3-9(15)6-8/h4-5,7-9H,2-3,6,15H2,1H3,(H,16,18). The van der Waals surface area contributed by atoms with Crippen LogP contribution in [-0.4, -0.2) is 23.2 Å². The van der Waals surface area contributed by atoms with E-state index in [0.29, 0.717) is 0 Å². The maximum atomic E-state index is 12.2. The normalized spacial score (nSPS) is 22.3. The molecule has 2 unspecified atom stereocenters. The van der Waals surface area contributed by atoms with Crippen molar-refractivity contribution in [2.75, 3.05) is 11.6 Å². The van der Waals surface area contributed by atoms with Crippen molar-refractivity contribution in [3.05, 3.63) is 18.2 Å². The van der Waals surface area contributed by atoms with E-state index in [2.05, 4.69) is 10.3 Å². The van der Waals surface area contributed by atoms with Crippen LogP contribution in [0.25, 0.3) is 10.2 Å². The number of carbonyl (C=O) groups is 1. The monoisotopic (exact) mass is 307 g/mol. The number of amides is 1. The van der Waals surface area contributed by atoms with Crippen LogP contribution in [0.3, 0.4) is 0 Å². The average Bonchev–Trinajstić information content (AvgIpc) is 3.03. The molecule has 0 radical (unpaired) electrons. The summed E-state index contributed by atoms with van der Waals surface area (Å²) in [7, 11) is 0. The van der Waals surface area contributed by atoms with Crippen molar-refractivity contribution < 1.29 is 4.79 Å². The topological polar surface area (TPSA) is 68.0 Å². The molecule has 106 valence electrons. The molecule has 0 saturated heterocycles. The molecule has 6 heteroatoms. The van der Waals surface area contributed by atoms with E-state index in [9.17, 15) is 4.79 Å². The third kappa shape index (κ3) is 2.82. The van der Waals surface area contributed by atoms with Crippen LogP contribution in [-0.2, 0) is 4.79 Å². The number of carbonyl (C=O) groups excluding carboxylic acids is 1. The van der Waals surface area contributed by atoms with Crippen molar-refractivity contribution in [2.45, 2.75) is 29.6 Å². The van der Waals surface area contributed by atoms with Gasteiger partial charge in [0, 0.05) is 17.6 Å². The first-order valence-electron chi connectivity index (χ1n) is 6.66. The van der Waals surface area contributed by atoms with E-state index >= 15 is 0 Å². The number of nitrogens with one attached hydrogen (secondary N) is 1. The third-order valence-corrected chi connectivity index (χ3v) is 5.66. The summed E-state index contributed by atoms with van der Waals surface area (Å²) in [5.41, 5.74) is 7.69. The lowest BCUT2D eigenvalue weighted by Gasteiger charge is -2.10. The molecule has 2 aromatic rings. The molecule has 0 spiro atoms. The summed E-state index contributed by atoms with van der Waals surface area (Å²) >= 11 is 3.29. The van der Waals surface area contributed by atoms with Crippen molar-refractivity contribution in [2.24, 2.45) is 11.7 Å². The Hall–Kier alpha value is -1.11. The van der Waals surface area contributed by atoms with Crippen LogP contribution in [0.1, 0.15) is 19.3 Å². The van der Waals surface area contributed by atoms with Gasteiger partial charge in [0.15, 0.2) is 4.34 Å². The number of hydrogen-bond acceptors (Lipinski definition) is 5. The number of hydrogen-bond donors (Lipinski definition) is 2. The number of rotatable bonds is 3. The Labute approximate surface area is 126 Å². The van der Waals surface area contributed by atoms with Crippen LogP contribution < -0.4 is 11.1 Å². The van der Waals surface area contributed by atoms with Gasteiger partial charge >= 0.3 is 0 Å². The molecule has 20 heavy (non-hydrogen) atoms. The van der Waals surface area contributed by atoms with Gasteiger partial charge in [-0.25, -0.2) is 4.98 Å². The van der Waals surface area contributed by atoms with Crippen LogP contribution in [0.5, 0.6) is 0 Å². The van der Waals surface area contributed by atoms with E-state index in [1.807, 2.05) is 24.5 Å². The largest absolute Gasteiger partial charge is 0.328 e. The number of aromatic nitrogens is 1. The molecule has 1 aromatic heterocycles. The first-order chi connectivity index (χ1) is 9.65. The first-order valence-corrected chi connectivity index (χ1v) is 8.71. The van der Waals surface area contributed by atoms with Crippen molar-refractivity contribution >= 4 is 44.9 Å². The molecule has 1 aliphatic rings. The number of fused-ring (bicyclic) bond motifs is 1. The van der Waals surface area contributed by atoms with E-state index in [0.717, 1.165) is 39.5 Å². The van der Waals surface area contributed by atoms with Gasteiger partial charge in [-0.15, -0.1) is 11.3 Å². The van der Waals surface area contributed by atoms with E-state index in [4.69, 9.17) is 5.73 Å². The van der Waals surface area contributed by atoms with Gasteiger partial charge in [-0.05, 0) is 43.7 Å². The summed E-state index contributed by atoms with van der Waals surface area (Å²) in [6.07, 6.45) is 4.66. The number of nitrogens with zero attached hydrogens (tertiary/aromatic N) is 1. The first kappa shape index (κ1) is 13.9. The minimum Gasteiger partial charge on any atom is -0.328 e. The summed E-state index contributed by atoms with van der Waals surface area (Å²) in [6.45, 7) is 0. The van der Waals surface area contributed by atoms with Gasteiger partial charge < -0.3 is 11.1 Å². The summed E-state index contributed by atoms with van der Waals surface area (Å²) in [6, 6.07) is 6.05. The second-order valence-electron chi connectivity index (χ2n) is 5.13. The predicted octanol–water partition coefficient (Wildman–Crippen LogP) is 3.08. The highest BCUT2D eigenvalue weighted by Crippen LogP contribution is 2.31. The number of anilines is 1. The van der Waals surface area contributed by atoms with Crippen molar-refractivity contribution in [1.29, 1.82) is 0 Å². The van der Waals surface area contributed by atoms with E-state index in [-0.39, 0.29) is 17.9 Å². The molecule has 3 N–H and O–H groups in total. The SMILES string of the molecule is CSc1nc2ccc(NC(=O)C3CCC(N)C3)cc2s1. The molecule has 2 atom stereocenters. The highest BCUT2D eigenvalue weighted by Gasteiger charge is 2.27. The molecule has 1 amide bonds. The van der Waals surface area contributed by atoms with Crippen molar-refractivity contribution in [3.8, 4) is 0 Å². The molecular formula is C14H17N3OS2. The molecule has 4 nitrogen and oxygen atoms in total. The Morgan fingerprint density at radius 2 is 2.35 bits per heavy atom. The second-order valence-corrected chi connectivity index (χ2v) is 7.21. The van der Waals surface area contributed by atoms with Crippen LogP contribution in [0, 0.1) is 5.92 Å². The summed E-state index contributed by atoms with van der Waals surface area (Å²) in [4.78, 5) is 16.7. The molecule has 1 aromatic carbocycles. The molecular weight excluding hydrogens is 290 g/mol. The Bertz CT molecular complexity index is 640. The van der Waals surface area contributed by atoms with Gasteiger partial charge in [0.2, 0.25) is 5.91 Å². The smallest absolute Gasteiger partial charge is 0.227 e. The van der Waals surface area contributed by atoms with Crippen LogP contribution in [0.15, 0.2) is 22.5 Å². The molecule has 1 saturated carbocycles. The zero-order chi connectivity index (χ0) is 14.1. The van der Waals surface area contributed by atoms with E-state index in [1.165, 1.54) is 0 Å². The fourth-order valence-corrected chi connectivity index (χ4v) is 4.10. The third-order valence-electron chi connectivity index (χ3n) is 3.65. The zero-order valence-electron chi connectivity index (χ0n) is 11.3. The molecule has 0 aliphatic heterocycles. The van der Waals surface area contributed by atoms with Gasteiger partial charge in [-0.1, -0.05) is 11.8 Å². The zero-order valence-corrected chi connectivity index (χ0v) is 12.9. The summed E-state index contributed by atoms with van der Waals surface area (Å²) in [5, 5.41) is 3.00. The maximum Gasteiger partial charge on any atom is 0.227 e. The van der Waals surface area contributed by atoms with E-state index < -0.39 is 0 Å². The van der Waals surface area contributed by atoms with Crippen LogP contribution >= 0.6 is 23.1 Å². The average molecular weight is 307 g/mol. The summed E-state index contributed by atoms with van der Waals surface area (Å²) < 4.78 is 2.15.